The zero-order valence-electron chi connectivity index (χ0n) is 7.89. The molecule has 14 heavy (non-hydrogen) atoms. The van der Waals surface area contributed by atoms with Gasteiger partial charge in [0.1, 0.15) is 6.29 Å². The van der Waals surface area contributed by atoms with Gasteiger partial charge in [0.05, 0.1) is 5.92 Å². The summed E-state index contributed by atoms with van der Waals surface area (Å²) in [5.74, 6) is -1.14. The van der Waals surface area contributed by atoms with E-state index in [1.165, 1.54) is 0 Å². The Hall–Kier alpha value is -0.580. The summed E-state index contributed by atoms with van der Waals surface area (Å²) in [5.41, 5.74) is 0. The molecule has 0 spiro atoms. The number of carbonyl (C=O) groups excluding carboxylic acids is 1. The van der Waals surface area contributed by atoms with Crippen molar-refractivity contribution in [3.8, 4) is 0 Å². The lowest BCUT2D eigenvalue weighted by Gasteiger charge is -2.32. The smallest absolute Gasteiger partial charge is 0.303 e. The van der Waals surface area contributed by atoms with Crippen LogP contribution in [0.2, 0.25) is 0 Å². The van der Waals surface area contributed by atoms with E-state index in [4.69, 9.17) is 0 Å². The summed E-state index contributed by atoms with van der Waals surface area (Å²) >= 11 is 0. The van der Waals surface area contributed by atoms with Crippen molar-refractivity contribution < 1.29 is 18.0 Å². The Morgan fingerprint density at radius 2 is 1.86 bits per heavy atom. The second kappa shape index (κ2) is 4.77. The summed E-state index contributed by atoms with van der Waals surface area (Å²) in [5, 5.41) is 0. The molecule has 0 amide bonds. The maximum absolute atomic E-state index is 12.2. The van der Waals surface area contributed by atoms with E-state index in [9.17, 15) is 18.0 Å². The van der Waals surface area contributed by atoms with Crippen molar-refractivity contribution in [3.63, 3.8) is 0 Å². The van der Waals surface area contributed by atoms with Gasteiger partial charge in [-0.25, -0.2) is 0 Å². The van der Waals surface area contributed by atoms with Gasteiger partial charge in [-0.1, -0.05) is 0 Å². The van der Waals surface area contributed by atoms with Crippen LogP contribution >= 0.6 is 0 Å². The fourth-order valence-electron chi connectivity index (χ4n) is 1.72. The number of aldehydes is 1. The molecule has 0 aromatic heterocycles. The van der Waals surface area contributed by atoms with Crippen LogP contribution in [0.4, 0.5) is 13.2 Å². The fraction of sp³-hybridized carbons (Fsp3) is 0.889. The molecular formula is C9H14F3NO. The van der Waals surface area contributed by atoms with Crippen molar-refractivity contribution in [2.45, 2.75) is 25.4 Å². The second-order valence-corrected chi connectivity index (χ2v) is 3.61. The van der Waals surface area contributed by atoms with Crippen LogP contribution in [0.25, 0.3) is 0 Å². The highest BCUT2D eigenvalue weighted by Gasteiger charge is 2.40. The van der Waals surface area contributed by atoms with Gasteiger partial charge >= 0.3 is 6.18 Å². The third-order valence-electron chi connectivity index (χ3n) is 2.61. The number of halogens is 3. The third kappa shape index (κ3) is 3.29. The highest BCUT2D eigenvalue weighted by atomic mass is 19.4. The van der Waals surface area contributed by atoms with Crippen LogP contribution in [-0.2, 0) is 4.79 Å². The lowest BCUT2D eigenvalue weighted by atomic mass is 9.96. The van der Waals surface area contributed by atoms with Crippen LogP contribution in [0.3, 0.4) is 0 Å². The average molecular weight is 209 g/mol. The average Bonchev–Trinajstić information content (AvgIpc) is 2.14. The molecule has 0 radical (unpaired) electrons. The van der Waals surface area contributed by atoms with Crippen molar-refractivity contribution in [2.75, 3.05) is 19.6 Å². The van der Waals surface area contributed by atoms with Crippen molar-refractivity contribution in [1.82, 2.24) is 4.90 Å². The number of rotatable bonds is 3. The van der Waals surface area contributed by atoms with E-state index in [1.807, 2.05) is 4.90 Å². The molecule has 0 N–H and O–H groups in total. The molecule has 0 saturated carbocycles. The van der Waals surface area contributed by atoms with Crippen LogP contribution in [0.1, 0.15) is 19.3 Å². The Balaban J connectivity index is 2.27. The molecule has 1 heterocycles. The molecule has 1 aliphatic heterocycles. The quantitative estimate of drug-likeness (QED) is 0.661. The van der Waals surface area contributed by atoms with Crippen molar-refractivity contribution in [1.29, 1.82) is 0 Å². The molecular weight excluding hydrogens is 195 g/mol. The molecule has 1 rings (SSSR count). The summed E-state index contributed by atoms with van der Waals surface area (Å²) in [6.45, 7) is 1.50. The topological polar surface area (TPSA) is 20.3 Å². The first-order valence-electron chi connectivity index (χ1n) is 4.76. The van der Waals surface area contributed by atoms with E-state index in [0.717, 1.165) is 6.29 Å². The van der Waals surface area contributed by atoms with Gasteiger partial charge < -0.3 is 9.69 Å². The first kappa shape index (κ1) is 11.5. The van der Waals surface area contributed by atoms with E-state index in [0.29, 0.717) is 26.1 Å². The minimum atomic E-state index is -4.04. The SMILES string of the molecule is O=CCCN1CCC(C(F)(F)F)CC1. The number of nitrogens with zero attached hydrogens (tertiary/aromatic N) is 1. The van der Waals surface area contributed by atoms with Gasteiger partial charge in [-0.15, -0.1) is 0 Å². The maximum Gasteiger partial charge on any atom is 0.391 e. The summed E-state index contributed by atoms with van der Waals surface area (Å²) in [6, 6.07) is 0. The number of alkyl halides is 3. The molecule has 5 heteroatoms. The first-order chi connectivity index (χ1) is 6.54. The predicted molar refractivity (Wildman–Crippen MR) is 45.9 cm³/mol. The number of hydrogen-bond donors (Lipinski definition) is 0. The monoisotopic (exact) mass is 209 g/mol. The van der Waals surface area contributed by atoms with Crippen molar-refractivity contribution >= 4 is 6.29 Å². The third-order valence-corrected chi connectivity index (χ3v) is 2.61. The molecule has 0 bridgehead atoms. The van der Waals surface area contributed by atoms with E-state index < -0.39 is 12.1 Å². The number of piperidine rings is 1. The summed E-state index contributed by atoms with van der Waals surface area (Å²) < 4.78 is 36.7. The van der Waals surface area contributed by atoms with Crippen molar-refractivity contribution in [3.05, 3.63) is 0 Å². The van der Waals surface area contributed by atoms with E-state index in [-0.39, 0.29) is 12.8 Å². The van der Waals surface area contributed by atoms with E-state index >= 15 is 0 Å². The Labute approximate surface area is 81.1 Å². The highest BCUT2D eigenvalue weighted by Crippen LogP contribution is 2.33. The van der Waals surface area contributed by atoms with Crippen molar-refractivity contribution in [2.24, 2.45) is 5.92 Å². The van der Waals surface area contributed by atoms with Crippen LogP contribution in [0, 0.1) is 5.92 Å². The molecule has 0 unspecified atom stereocenters. The van der Waals surface area contributed by atoms with Gasteiger partial charge in [0.15, 0.2) is 0 Å². The molecule has 2 nitrogen and oxygen atoms in total. The molecule has 0 aromatic carbocycles. The molecule has 0 aliphatic carbocycles. The Morgan fingerprint density at radius 3 is 2.29 bits per heavy atom. The summed E-state index contributed by atoms with van der Waals surface area (Å²) in [7, 11) is 0. The summed E-state index contributed by atoms with van der Waals surface area (Å²) in [4.78, 5) is 12.0. The zero-order valence-corrected chi connectivity index (χ0v) is 7.89. The molecule has 0 atom stereocenters. The van der Waals surface area contributed by atoms with Gasteiger partial charge in [0.25, 0.3) is 0 Å². The number of hydrogen-bond acceptors (Lipinski definition) is 2. The lowest BCUT2D eigenvalue weighted by Crippen LogP contribution is -2.39. The van der Waals surface area contributed by atoms with Crippen LogP contribution in [0.15, 0.2) is 0 Å². The highest BCUT2D eigenvalue weighted by molar-refractivity contribution is 5.49. The normalized spacial score (nSPS) is 21.1. The van der Waals surface area contributed by atoms with Crippen LogP contribution in [0.5, 0.6) is 0 Å². The summed E-state index contributed by atoms with van der Waals surface area (Å²) in [6.07, 6.45) is -2.49. The zero-order chi connectivity index (χ0) is 10.6. The Kier molecular flexibility index (Phi) is 3.92. The Bertz CT molecular complexity index is 185. The van der Waals surface area contributed by atoms with Gasteiger partial charge in [-0.3, -0.25) is 0 Å². The minimum Gasteiger partial charge on any atom is -0.303 e. The largest absolute Gasteiger partial charge is 0.391 e. The predicted octanol–water partition coefficient (Wildman–Crippen LogP) is 1.85. The first-order valence-corrected chi connectivity index (χ1v) is 4.76. The lowest BCUT2D eigenvalue weighted by molar-refractivity contribution is -0.185. The van der Waals surface area contributed by atoms with E-state index in [2.05, 4.69) is 0 Å². The molecule has 1 aliphatic rings. The molecule has 1 saturated heterocycles. The van der Waals surface area contributed by atoms with Gasteiger partial charge in [0, 0.05) is 13.0 Å². The standard InChI is InChI=1S/C9H14F3NO/c10-9(11,12)8-2-5-13(6-3-8)4-1-7-14/h7-8H,1-6H2. The Morgan fingerprint density at radius 1 is 1.29 bits per heavy atom. The second-order valence-electron chi connectivity index (χ2n) is 3.61. The number of likely N-dealkylation sites (tertiary alicyclic amines) is 1. The van der Waals surface area contributed by atoms with Gasteiger partial charge in [0.2, 0.25) is 0 Å². The number of carbonyl (C=O) groups is 1. The minimum absolute atomic E-state index is 0.169. The molecule has 82 valence electrons. The van der Waals surface area contributed by atoms with Crippen LogP contribution < -0.4 is 0 Å². The molecule has 1 fully saturated rings. The fourth-order valence-corrected chi connectivity index (χ4v) is 1.72. The van der Waals surface area contributed by atoms with Gasteiger partial charge in [-0.2, -0.15) is 13.2 Å². The van der Waals surface area contributed by atoms with E-state index in [1.54, 1.807) is 0 Å². The van der Waals surface area contributed by atoms with Crippen LogP contribution in [-0.4, -0.2) is 37.0 Å². The maximum atomic E-state index is 12.2. The molecule has 0 aromatic rings. The van der Waals surface area contributed by atoms with Gasteiger partial charge in [-0.05, 0) is 25.9 Å².